The predicted octanol–water partition coefficient (Wildman–Crippen LogP) is 4.10. The SMILES string of the molecule is CCc1ccc(CC(=O)C(C(F)(F)F)C(F)(F)F)cc1. The van der Waals surface area contributed by atoms with Gasteiger partial charge in [-0.25, -0.2) is 0 Å². The van der Waals surface area contributed by atoms with E-state index in [1.807, 2.05) is 6.92 Å². The Labute approximate surface area is 111 Å². The molecule has 0 spiro atoms. The van der Waals surface area contributed by atoms with Crippen molar-refractivity contribution < 1.29 is 31.1 Å². The molecule has 0 aliphatic heterocycles. The maximum atomic E-state index is 12.3. The Bertz CT molecular complexity index is 443. The number of carbonyl (C=O) groups excluding carboxylic acids is 1. The van der Waals surface area contributed by atoms with E-state index in [0.29, 0.717) is 6.42 Å². The summed E-state index contributed by atoms with van der Waals surface area (Å²) in [7, 11) is 0. The van der Waals surface area contributed by atoms with E-state index in [-0.39, 0.29) is 5.56 Å². The third-order valence-corrected chi connectivity index (χ3v) is 2.79. The Morgan fingerprint density at radius 2 is 1.35 bits per heavy atom. The number of hydrogen-bond donors (Lipinski definition) is 0. The maximum absolute atomic E-state index is 12.3. The molecule has 1 rings (SSSR count). The van der Waals surface area contributed by atoms with Gasteiger partial charge in [0.05, 0.1) is 0 Å². The van der Waals surface area contributed by atoms with Crippen LogP contribution in [0.1, 0.15) is 18.1 Å². The molecule has 0 bridgehead atoms. The molecule has 0 saturated carbocycles. The summed E-state index contributed by atoms with van der Waals surface area (Å²) in [4.78, 5) is 11.3. The average Bonchev–Trinajstić information content (AvgIpc) is 2.25. The van der Waals surface area contributed by atoms with Crippen LogP contribution in [0.5, 0.6) is 0 Å². The van der Waals surface area contributed by atoms with Gasteiger partial charge in [0.2, 0.25) is 5.92 Å². The molecule has 0 fully saturated rings. The number of halogens is 6. The summed E-state index contributed by atoms with van der Waals surface area (Å²) in [5, 5.41) is 0. The Balaban J connectivity index is 2.91. The largest absolute Gasteiger partial charge is 0.407 e. The first-order chi connectivity index (χ1) is 9.05. The number of hydrogen-bond acceptors (Lipinski definition) is 1. The van der Waals surface area contributed by atoms with E-state index in [4.69, 9.17) is 0 Å². The molecule has 0 aliphatic carbocycles. The molecule has 1 aromatic rings. The van der Waals surface area contributed by atoms with Gasteiger partial charge in [0.15, 0.2) is 5.78 Å². The molecule has 0 aromatic heterocycles. The lowest BCUT2D eigenvalue weighted by atomic mass is 9.96. The number of rotatable bonds is 4. The zero-order chi connectivity index (χ0) is 15.6. The highest BCUT2D eigenvalue weighted by molar-refractivity contribution is 5.84. The molecule has 1 aromatic carbocycles. The summed E-state index contributed by atoms with van der Waals surface area (Å²) in [6.45, 7) is 1.85. The van der Waals surface area contributed by atoms with E-state index >= 15 is 0 Å². The van der Waals surface area contributed by atoms with E-state index in [1.165, 1.54) is 12.1 Å². The van der Waals surface area contributed by atoms with Crippen LogP contribution in [0.2, 0.25) is 0 Å². The number of ketones is 1. The fraction of sp³-hybridized carbons (Fsp3) is 0.462. The first-order valence-electron chi connectivity index (χ1n) is 5.79. The number of Topliss-reactive ketones (excluding diaryl/α,β-unsaturated/α-hetero) is 1. The summed E-state index contributed by atoms with van der Waals surface area (Å²) >= 11 is 0. The van der Waals surface area contributed by atoms with E-state index in [2.05, 4.69) is 0 Å². The van der Waals surface area contributed by atoms with Crippen molar-refractivity contribution >= 4 is 5.78 Å². The van der Waals surface area contributed by atoms with Gasteiger partial charge < -0.3 is 0 Å². The van der Waals surface area contributed by atoms with Gasteiger partial charge in [-0.3, -0.25) is 4.79 Å². The van der Waals surface area contributed by atoms with Crippen molar-refractivity contribution in [2.75, 3.05) is 0 Å². The summed E-state index contributed by atoms with van der Waals surface area (Å²) in [5.74, 6) is -5.82. The van der Waals surface area contributed by atoms with Crippen molar-refractivity contribution in [2.45, 2.75) is 32.1 Å². The number of alkyl halides is 6. The van der Waals surface area contributed by atoms with Gasteiger partial charge >= 0.3 is 12.4 Å². The molecule has 0 radical (unpaired) electrons. The fourth-order valence-corrected chi connectivity index (χ4v) is 1.75. The highest BCUT2D eigenvalue weighted by Gasteiger charge is 2.60. The highest BCUT2D eigenvalue weighted by atomic mass is 19.4. The quantitative estimate of drug-likeness (QED) is 0.765. The van der Waals surface area contributed by atoms with Crippen LogP contribution in [0, 0.1) is 5.92 Å². The van der Waals surface area contributed by atoms with Crippen molar-refractivity contribution in [3.05, 3.63) is 35.4 Å². The molecule has 0 amide bonds. The topological polar surface area (TPSA) is 17.1 Å². The maximum Gasteiger partial charge on any atom is 0.407 e. The summed E-state index contributed by atoms with van der Waals surface area (Å²) < 4.78 is 74.1. The van der Waals surface area contributed by atoms with Gasteiger partial charge in [0.25, 0.3) is 0 Å². The molecular weight excluding hydrogens is 286 g/mol. The van der Waals surface area contributed by atoms with Crippen LogP contribution in [-0.4, -0.2) is 18.1 Å². The fourth-order valence-electron chi connectivity index (χ4n) is 1.75. The van der Waals surface area contributed by atoms with Crippen LogP contribution in [0.15, 0.2) is 24.3 Å². The second-order valence-electron chi connectivity index (χ2n) is 4.33. The standard InChI is InChI=1S/C13H12F6O/c1-2-8-3-5-9(6-4-8)7-10(20)11(12(14,15)16)13(17,18)19/h3-6,11H,2,7H2,1H3. The van der Waals surface area contributed by atoms with Gasteiger partial charge in [-0.05, 0) is 17.5 Å². The van der Waals surface area contributed by atoms with E-state index in [9.17, 15) is 31.1 Å². The zero-order valence-corrected chi connectivity index (χ0v) is 10.5. The van der Waals surface area contributed by atoms with Crippen molar-refractivity contribution in [3.63, 3.8) is 0 Å². The molecule has 0 aliphatic rings. The van der Waals surface area contributed by atoms with E-state index in [1.54, 1.807) is 12.1 Å². The lowest BCUT2D eigenvalue weighted by Gasteiger charge is -2.21. The van der Waals surface area contributed by atoms with Crippen molar-refractivity contribution in [2.24, 2.45) is 5.92 Å². The van der Waals surface area contributed by atoms with Crippen LogP contribution in [0.3, 0.4) is 0 Å². The van der Waals surface area contributed by atoms with Gasteiger partial charge in [-0.15, -0.1) is 0 Å². The lowest BCUT2D eigenvalue weighted by molar-refractivity contribution is -0.273. The smallest absolute Gasteiger partial charge is 0.298 e. The van der Waals surface area contributed by atoms with Crippen LogP contribution in [0.25, 0.3) is 0 Å². The normalized spacial score (nSPS) is 12.8. The lowest BCUT2D eigenvalue weighted by Crippen LogP contribution is -2.43. The van der Waals surface area contributed by atoms with E-state index < -0.39 is 30.5 Å². The number of aryl methyl sites for hydroxylation is 1. The summed E-state index contributed by atoms with van der Waals surface area (Å²) in [6.07, 6.45) is -11.5. The third-order valence-electron chi connectivity index (χ3n) is 2.79. The molecule has 1 nitrogen and oxygen atoms in total. The Hall–Kier alpha value is -1.53. The molecular formula is C13H12F6O. The van der Waals surface area contributed by atoms with Crippen LogP contribution in [-0.2, 0) is 17.6 Å². The molecule has 0 atom stereocenters. The van der Waals surface area contributed by atoms with Gasteiger partial charge in [0, 0.05) is 6.42 Å². The minimum Gasteiger partial charge on any atom is -0.298 e. The molecule has 0 heterocycles. The highest BCUT2D eigenvalue weighted by Crippen LogP contribution is 2.40. The number of carbonyl (C=O) groups is 1. The average molecular weight is 298 g/mol. The van der Waals surface area contributed by atoms with E-state index in [0.717, 1.165) is 5.56 Å². The van der Waals surface area contributed by atoms with Crippen molar-refractivity contribution in [1.82, 2.24) is 0 Å². The van der Waals surface area contributed by atoms with Crippen LogP contribution >= 0.6 is 0 Å². The van der Waals surface area contributed by atoms with Crippen molar-refractivity contribution in [1.29, 1.82) is 0 Å². The molecule has 0 N–H and O–H groups in total. The van der Waals surface area contributed by atoms with Crippen molar-refractivity contribution in [3.8, 4) is 0 Å². The Morgan fingerprint density at radius 1 is 0.950 bits per heavy atom. The third kappa shape index (κ3) is 4.25. The Kier molecular flexibility index (Phi) is 4.83. The van der Waals surface area contributed by atoms with Gasteiger partial charge in [-0.1, -0.05) is 31.2 Å². The molecule has 0 unspecified atom stereocenters. The molecule has 112 valence electrons. The number of benzene rings is 1. The minimum atomic E-state index is -5.63. The van der Waals surface area contributed by atoms with Crippen LogP contribution in [0.4, 0.5) is 26.3 Å². The minimum absolute atomic E-state index is 0.130. The second-order valence-corrected chi connectivity index (χ2v) is 4.33. The molecule has 7 heteroatoms. The first kappa shape index (κ1) is 16.5. The van der Waals surface area contributed by atoms with Crippen LogP contribution < -0.4 is 0 Å². The predicted molar refractivity (Wildman–Crippen MR) is 60.1 cm³/mol. The van der Waals surface area contributed by atoms with Gasteiger partial charge in [-0.2, -0.15) is 26.3 Å². The van der Waals surface area contributed by atoms with Gasteiger partial charge in [0.1, 0.15) is 0 Å². The summed E-state index contributed by atoms with van der Waals surface area (Å²) in [6, 6.07) is 5.86. The first-order valence-corrected chi connectivity index (χ1v) is 5.79. The molecule has 20 heavy (non-hydrogen) atoms. The summed E-state index contributed by atoms with van der Waals surface area (Å²) in [5.41, 5.74) is 1.01. The zero-order valence-electron chi connectivity index (χ0n) is 10.5. The monoisotopic (exact) mass is 298 g/mol. The molecule has 0 saturated heterocycles. The second kappa shape index (κ2) is 5.85. The Morgan fingerprint density at radius 3 is 1.70 bits per heavy atom.